The maximum absolute atomic E-state index is 14.0. The van der Waals surface area contributed by atoms with Gasteiger partial charge in [0.25, 0.3) is 0 Å². The van der Waals surface area contributed by atoms with Gasteiger partial charge in [0.15, 0.2) is 5.78 Å². The van der Waals surface area contributed by atoms with E-state index in [1.807, 2.05) is 22.6 Å². The fourth-order valence-electron chi connectivity index (χ4n) is 1.29. The van der Waals surface area contributed by atoms with Gasteiger partial charge in [0.2, 0.25) is 5.91 Å². The minimum absolute atomic E-state index is 0.0151. The van der Waals surface area contributed by atoms with Gasteiger partial charge in [-0.2, -0.15) is 0 Å². The Morgan fingerprint density at radius 1 is 1.48 bits per heavy atom. The van der Waals surface area contributed by atoms with E-state index in [4.69, 9.17) is 0 Å². The average Bonchev–Trinajstić information content (AvgIpc) is 2.44. The Hall–Kier alpha value is -0.420. The largest absolute Gasteiger partial charge is 0.377 e. The number of nitrogens with one attached hydrogen (secondary N) is 1. The number of hydrogen-bond donors (Lipinski definition) is 1. The summed E-state index contributed by atoms with van der Waals surface area (Å²) in [6, 6.07) is 0. The Morgan fingerprint density at radius 3 is 2.67 bits per heavy atom. The summed E-state index contributed by atoms with van der Waals surface area (Å²) in [6.07, 6.45) is 2.71. The van der Waals surface area contributed by atoms with Crippen molar-refractivity contribution in [1.29, 1.82) is 0 Å². The third-order valence-corrected chi connectivity index (χ3v) is 4.40. The predicted octanol–water partition coefficient (Wildman–Crippen LogP) is 2.84. The van der Waals surface area contributed by atoms with Crippen molar-refractivity contribution in [3.63, 3.8) is 0 Å². The summed E-state index contributed by atoms with van der Waals surface area (Å²) >= 11 is 1.68. The van der Waals surface area contributed by atoms with Crippen LogP contribution >= 0.6 is 43.3 Å². The molecule has 7 heteroatoms. The lowest BCUT2D eigenvalue weighted by Crippen LogP contribution is -2.29. The number of alkyl halides is 1. The number of halogens is 3. The van der Waals surface area contributed by atoms with E-state index in [1.54, 1.807) is 0 Å². The van der Waals surface area contributed by atoms with Gasteiger partial charge in [-0.25, -0.2) is 4.39 Å². The van der Waals surface area contributed by atoms with Gasteiger partial charge in [-0.15, -0.1) is 20.7 Å². The molecule has 0 rings (SSSR count). The minimum Gasteiger partial charge on any atom is -0.377 e. The Kier molecular flexibility index (Phi) is 11.9. The number of methoxy groups -OCH3 is 1. The predicted molar refractivity (Wildman–Crippen MR) is 101 cm³/mol. The van der Waals surface area contributed by atoms with Crippen LogP contribution in [0.5, 0.6) is 0 Å². The highest BCUT2D eigenvalue weighted by Crippen LogP contribution is 2.22. The molecule has 0 aliphatic heterocycles. The molecule has 0 bridgehead atoms. The Labute approximate surface area is 147 Å². The molecule has 0 aromatic carbocycles. The molecule has 0 fully saturated rings. The number of carbonyl (C=O) groups is 2. The second kappa shape index (κ2) is 12.2. The summed E-state index contributed by atoms with van der Waals surface area (Å²) in [4.78, 5) is 22.9. The van der Waals surface area contributed by atoms with Crippen molar-refractivity contribution >= 4 is 59.5 Å². The van der Waals surface area contributed by atoms with Crippen LogP contribution in [0.3, 0.4) is 0 Å². The summed E-state index contributed by atoms with van der Waals surface area (Å²) < 4.78 is 23.7. The first kappa shape index (κ1) is 20.6. The third-order valence-electron chi connectivity index (χ3n) is 2.25. The molecule has 0 heterocycles. The molecule has 0 saturated heterocycles. The lowest BCUT2D eigenvalue weighted by molar-refractivity contribution is -0.130. The molecular formula is C14H18FI2NO3. The van der Waals surface area contributed by atoms with Crippen molar-refractivity contribution in [2.24, 2.45) is 0 Å². The Bertz CT molecular complexity index is 473. The smallest absolute Gasteiger partial charge is 0.227 e. The van der Waals surface area contributed by atoms with E-state index in [1.165, 1.54) is 19.3 Å². The molecule has 0 aliphatic rings. The molecule has 0 aromatic rings. The molecule has 0 aliphatic carbocycles. The molecule has 0 atom stereocenters. The zero-order chi connectivity index (χ0) is 16.3. The zero-order valence-electron chi connectivity index (χ0n) is 11.8. The van der Waals surface area contributed by atoms with Crippen LogP contribution in [0.2, 0.25) is 0 Å². The first-order valence-electron chi connectivity index (χ1n) is 5.93. The molecular weight excluding hydrogens is 503 g/mol. The van der Waals surface area contributed by atoms with Crippen LogP contribution in [0.25, 0.3) is 0 Å². The topological polar surface area (TPSA) is 55.4 Å². The number of allylic oxidation sites excluding steroid dienone is 3. The molecule has 118 valence electrons. The second-order valence-electron chi connectivity index (χ2n) is 3.85. The highest BCUT2D eigenvalue weighted by Gasteiger charge is 2.13. The number of Topliss-reactive ketones (excluding diaryl/α,β-unsaturated/α-hetero) is 1. The SMILES string of the molecule is C=C/C(I)=C(CNC(=O)CC(=O)COC)\C(F)=C/CI=C. The maximum atomic E-state index is 14.0. The van der Waals surface area contributed by atoms with E-state index < -0.39 is 5.91 Å². The molecule has 21 heavy (non-hydrogen) atoms. The zero-order valence-corrected chi connectivity index (χ0v) is 16.1. The van der Waals surface area contributed by atoms with E-state index in [0.717, 1.165) is 0 Å². The second-order valence-corrected chi connectivity index (χ2v) is 6.97. The number of amides is 1. The van der Waals surface area contributed by atoms with Crippen molar-refractivity contribution in [2.45, 2.75) is 6.42 Å². The molecule has 0 saturated carbocycles. The lowest BCUT2D eigenvalue weighted by Gasteiger charge is -2.09. The summed E-state index contributed by atoms with van der Waals surface area (Å²) in [5.74, 6) is -1.16. The number of rotatable bonds is 10. The van der Waals surface area contributed by atoms with Crippen molar-refractivity contribution in [1.82, 2.24) is 5.32 Å². The maximum Gasteiger partial charge on any atom is 0.227 e. The average molecular weight is 521 g/mol. The van der Waals surface area contributed by atoms with E-state index in [0.29, 0.717) is 13.6 Å². The molecule has 1 N–H and O–H groups in total. The molecule has 0 spiro atoms. The monoisotopic (exact) mass is 521 g/mol. The van der Waals surface area contributed by atoms with Gasteiger partial charge in [-0.05, 0) is 28.7 Å². The fraction of sp³-hybridized carbons (Fsp3) is 0.357. The van der Waals surface area contributed by atoms with Crippen LogP contribution in [0, 0.1) is 0 Å². The Balaban J connectivity index is 4.73. The van der Waals surface area contributed by atoms with Crippen LogP contribution in [0.4, 0.5) is 4.39 Å². The van der Waals surface area contributed by atoms with Gasteiger partial charge >= 0.3 is 0 Å². The summed E-state index contributed by atoms with van der Waals surface area (Å²) in [7, 11) is 1.38. The van der Waals surface area contributed by atoms with E-state index in [2.05, 4.69) is 21.1 Å². The molecule has 0 radical (unpaired) electrons. The summed E-state index contributed by atoms with van der Waals surface area (Å²) in [6.45, 7) is 3.50. The van der Waals surface area contributed by atoms with Gasteiger partial charge in [-0.1, -0.05) is 17.2 Å². The minimum atomic E-state index is -0.458. The lowest BCUT2D eigenvalue weighted by atomic mass is 10.2. The first-order valence-corrected chi connectivity index (χ1v) is 10.1. The first-order chi connectivity index (χ1) is 9.96. The number of ketones is 1. The van der Waals surface area contributed by atoms with Gasteiger partial charge in [-0.3, -0.25) is 9.59 Å². The summed E-state index contributed by atoms with van der Waals surface area (Å²) in [5, 5.41) is 2.53. The third kappa shape index (κ3) is 9.25. The quantitative estimate of drug-likeness (QED) is 0.209. The van der Waals surface area contributed by atoms with Crippen LogP contribution in [0.15, 0.2) is 33.7 Å². The van der Waals surface area contributed by atoms with Crippen LogP contribution < -0.4 is 5.32 Å². The fourth-order valence-corrected chi connectivity index (χ4v) is 2.44. The molecule has 1 amide bonds. The normalized spacial score (nSPS) is 12.6. The highest BCUT2D eigenvalue weighted by molar-refractivity contribution is 14.2. The van der Waals surface area contributed by atoms with Crippen molar-refractivity contribution in [2.75, 3.05) is 24.7 Å². The van der Waals surface area contributed by atoms with Crippen LogP contribution in [0.1, 0.15) is 6.42 Å². The van der Waals surface area contributed by atoms with Gasteiger partial charge < -0.3 is 10.1 Å². The van der Waals surface area contributed by atoms with E-state index in [9.17, 15) is 14.0 Å². The van der Waals surface area contributed by atoms with Gasteiger partial charge in [0, 0.05) is 27.2 Å². The molecule has 0 aromatic heterocycles. The van der Waals surface area contributed by atoms with Crippen LogP contribution in [-0.4, -0.2) is 40.9 Å². The van der Waals surface area contributed by atoms with Crippen molar-refractivity contribution < 1.29 is 18.7 Å². The van der Waals surface area contributed by atoms with Crippen molar-refractivity contribution in [3.8, 4) is 0 Å². The van der Waals surface area contributed by atoms with Crippen LogP contribution in [-0.2, 0) is 14.3 Å². The molecule has 0 unspecified atom stereocenters. The van der Waals surface area contributed by atoms with Gasteiger partial charge in [0.05, 0.1) is 6.42 Å². The number of carbonyl (C=O) groups excluding carboxylic acids is 2. The standard InChI is InChI=1S/C14H18FI2NO3/c1-4-13(16)11(12(15)5-6-17-2)8-18-14(20)7-10(19)9-21-3/h4-5H,1-2,6-9H2,3H3,(H,18,20)/b12-5+,13-11+. The molecule has 4 nitrogen and oxygen atoms in total. The van der Waals surface area contributed by atoms with E-state index in [-0.39, 0.29) is 51.9 Å². The highest BCUT2D eigenvalue weighted by atomic mass is 127. The summed E-state index contributed by atoms with van der Waals surface area (Å²) in [5.41, 5.74) is 0.357. The number of hydrogen-bond acceptors (Lipinski definition) is 3. The number of ether oxygens (including phenoxy) is 1. The Morgan fingerprint density at radius 2 is 2.14 bits per heavy atom. The van der Waals surface area contributed by atoms with Crippen molar-refractivity contribution in [3.05, 3.63) is 33.7 Å². The van der Waals surface area contributed by atoms with E-state index >= 15 is 0 Å². The van der Waals surface area contributed by atoms with Gasteiger partial charge in [0.1, 0.15) is 12.4 Å².